The first-order chi connectivity index (χ1) is 18.1. The molecule has 1 aromatic rings. The maximum Gasteiger partial charge on any atom is 0.191 e. The Bertz CT molecular complexity index is 1380. The van der Waals surface area contributed by atoms with Gasteiger partial charge in [0.2, 0.25) is 0 Å². The van der Waals surface area contributed by atoms with Gasteiger partial charge in [-0.25, -0.2) is 0 Å². The summed E-state index contributed by atoms with van der Waals surface area (Å²) in [5, 5.41) is 35.5. The molecule has 0 bridgehead atoms. The number of hydrogen-bond acceptors (Lipinski definition) is 8. The van der Waals surface area contributed by atoms with Crippen LogP contribution in [-0.4, -0.2) is 55.9 Å². The fourth-order valence-electron chi connectivity index (χ4n) is 8.23. The molecule has 3 unspecified atom stereocenters. The van der Waals surface area contributed by atoms with Crippen LogP contribution in [0.2, 0.25) is 0 Å². The Morgan fingerprint density at radius 1 is 1.08 bits per heavy atom. The van der Waals surface area contributed by atoms with Crippen molar-refractivity contribution >= 4 is 35.0 Å². The zero-order valence-electron chi connectivity index (χ0n) is 23.2. The largest absolute Gasteiger partial charge is 0.507 e. The third kappa shape index (κ3) is 3.10. The Balaban J connectivity index is 1.77. The standard InChI is InChI=1S/C31H36O8/c1-13(2)21-24(34)19(15(4)32)26(36)31(39)27(37)22-25(35)20-18(14(3)29(22,5)28(38)30(21,31)6)11-10-17(23(20)33)12-16-8-7-9-16/h10-14,19,21-22,28,33,38-39H,7-9H2,1-6H3/t14-,19?,21?,22?,28-,29+,30+,31+/m1/s1. The second kappa shape index (κ2) is 8.51. The van der Waals surface area contributed by atoms with Crippen LogP contribution in [0.3, 0.4) is 0 Å². The van der Waals surface area contributed by atoms with Gasteiger partial charge in [0.1, 0.15) is 17.5 Å². The van der Waals surface area contributed by atoms with E-state index in [1.54, 1.807) is 39.8 Å². The highest BCUT2D eigenvalue weighted by molar-refractivity contribution is 6.33. The molecule has 1 aromatic carbocycles. The number of aliphatic hydroxyl groups excluding tert-OH is 1. The number of allylic oxidation sites excluding steroid dienone is 1. The van der Waals surface area contributed by atoms with Crippen molar-refractivity contribution in [3.63, 3.8) is 0 Å². The highest BCUT2D eigenvalue weighted by atomic mass is 16.3. The van der Waals surface area contributed by atoms with Gasteiger partial charge in [-0.05, 0) is 43.6 Å². The number of hydrogen-bond donors (Lipinski definition) is 3. The quantitative estimate of drug-likeness (QED) is 0.499. The Morgan fingerprint density at radius 2 is 1.69 bits per heavy atom. The minimum atomic E-state index is -2.95. The van der Waals surface area contributed by atoms with Crippen molar-refractivity contribution in [1.29, 1.82) is 0 Å². The average Bonchev–Trinajstić information content (AvgIpc) is 2.82. The molecule has 0 aliphatic heterocycles. The van der Waals surface area contributed by atoms with E-state index in [1.807, 2.05) is 6.08 Å². The van der Waals surface area contributed by atoms with Crippen LogP contribution in [0.15, 0.2) is 17.7 Å². The summed E-state index contributed by atoms with van der Waals surface area (Å²) in [6.45, 7) is 9.06. The number of carbonyl (C=O) groups is 5. The van der Waals surface area contributed by atoms with E-state index in [-0.39, 0.29) is 11.3 Å². The molecule has 4 aliphatic rings. The van der Waals surface area contributed by atoms with Crippen LogP contribution in [0.4, 0.5) is 0 Å². The van der Waals surface area contributed by atoms with Crippen LogP contribution in [0.1, 0.15) is 88.2 Å². The van der Waals surface area contributed by atoms with E-state index in [9.17, 15) is 39.3 Å². The zero-order chi connectivity index (χ0) is 29.0. The van der Waals surface area contributed by atoms with Gasteiger partial charge in [-0.2, -0.15) is 0 Å². The topological polar surface area (TPSA) is 146 Å². The molecule has 3 fully saturated rings. The molecule has 0 heterocycles. The molecular formula is C31H36O8. The Hall–Kier alpha value is -2.97. The molecule has 208 valence electrons. The SMILES string of the molecule is CC(=O)C1C(=O)C(C(C)C)[C@@]2(C)[C@H](O)[C@]3(C)C(C(=O)c4c(ccc(C=C5CCC5)c4O)[C@H]3C)C(=O)[C@@]2(O)C1=O. The molecule has 8 atom stereocenters. The second-order valence-corrected chi connectivity index (χ2v) is 12.8. The predicted molar refractivity (Wildman–Crippen MR) is 141 cm³/mol. The monoisotopic (exact) mass is 536 g/mol. The minimum Gasteiger partial charge on any atom is -0.507 e. The van der Waals surface area contributed by atoms with Gasteiger partial charge in [0.25, 0.3) is 0 Å². The maximum absolute atomic E-state index is 14.4. The molecule has 8 heteroatoms. The first-order valence-electron chi connectivity index (χ1n) is 13.7. The Kier molecular flexibility index (Phi) is 6.02. The maximum atomic E-state index is 14.4. The van der Waals surface area contributed by atoms with Crippen molar-refractivity contribution in [3.8, 4) is 5.75 Å². The number of rotatable bonds is 3. The molecular weight excluding hydrogens is 500 g/mol. The number of benzene rings is 1. The van der Waals surface area contributed by atoms with E-state index in [0.29, 0.717) is 11.1 Å². The second-order valence-electron chi connectivity index (χ2n) is 12.8. The van der Waals surface area contributed by atoms with Crippen LogP contribution in [0, 0.1) is 34.5 Å². The number of phenols is 1. The van der Waals surface area contributed by atoms with E-state index < -0.39 is 81.0 Å². The lowest BCUT2D eigenvalue weighted by molar-refractivity contribution is -0.240. The third-order valence-electron chi connectivity index (χ3n) is 10.6. The summed E-state index contributed by atoms with van der Waals surface area (Å²) >= 11 is 0. The first-order valence-corrected chi connectivity index (χ1v) is 13.7. The average molecular weight is 537 g/mol. The van der Waals surface area contributed by atoms with Crippen LogP contribution in [0.25, 0.3) is 6.08 Å². The fraction of sp³-hybridized carbons (Fsp3) is 0.581. The predicted octanol–water partition coefficient (Wildman–Crippen LogP) is 3.19. The van der Waals surface area contributed by atoms with Gasteiger partial charge in [-0.15, -0.1) is 0 Å². The number of carbonyl (C=O) groups excluding carboxylic acids is 5. The molecule has 3 N–H and O–H groups in total. The first kappa shape index (κ1) is 27.6. The number of aromatic hydroxyl groups is 1. The van der Waals surface area contributed by atoms with Crippen LogP contribution in [0.5, 0.6) is 5.75 Å². The zero-order valence-corrected chi connectivity index (χ0v) is 23.2. The summed E-state index contributed by atoms with van der Waals surface area (Å²) in [6, 6.07) is 3.43. The molecule has 0 radical (unpaired) electrons. The van der Waals surface area contributed by atoms with Gasteiger partial charge in [0.05, 0.1) is 17.6 Å². The molecule has 39 heavy (non-hydrogen) atoms. The number of ketones is 5. The Morgan fingerprint density at radius 3 is 2.21 bits per heavy atom. The summed E-state index contributed by atoms with van der Waals surface area (Å²) in [5.74, 6) is -11.0. The number of phenolic OH excluding ortho intramolecular Hbond substituents is 1. The molecule has 0 spiro atoms. The van der Waals surface area contributed by atoms with Gasteiger partial charge in [0.15, 0.2) is 28.7 Å². The summed E-state index contributed by atoms with van der Waals surface area (Å²) in [7, 11) is 0. The normalized spacial score (nSPS) is 39.6. The highest BCUT2D eigenvalue weighted by Crippen LogP contribution is 2.66. The van der Waals surface area contributed by atoms with E-state index in [4.69, 9.17) is 0 Å². The highest BCUT2D eigenvalue weighted by Gasteiger charge is 2.80. The fourth-order valence-corrected chi connectivity index (χ4v) is 8.23. The van der Waals surface area contributed by atoms with Gasteiger partial charge in [-0.1, -0.05) is 58.4 Å². The lowest BCUT2D eigenvalue weighted by atomic mass is 9.37. The smallest absolute Gasteiger partial charge is 0.191 e. The molecule has 8 nitrogen and oxygen atoms in total. The lowest BCUT2D eigenvalue weighted by Crippen LogP contribution is -2.81. The van der Waals surface area contributed by atoms with E-state index in [1.165, 1.54) is 6.92 Å². The molecule has 0 amide bonds. The van der Waals surface area contributed by atoms with Gasteiger partial charge in [0, 0.05) is 22.3 Å². The van der Waals surface area contributed by atoms with Crippen molar-refractivity contribution in [2.24, 2.45) is 34.5 Å². The van der Waals surface area contributed by atoms with E-state index in [2.05, 4.69) is 0 Å². The molecule has 3 saturated carbocycles. The van der Waals surface area contributed by atoms with Crippen molar-refractivity contribution in [3.05, 3.63) is 34.4 Å². The lowest BCUT2D eigenvalue weighted by Gasteiger charge is -2.65. The summed E-state index contributed by atoms with van der Waals surface area (Å²) < 4.78 is 0. The summed E-state index contributed by atoms with van der Waals surface area (Å²) in [4.78, 5) is 68.4. The van der Waals surface area contributed by atoms with Crippen molar-refractivity contribution in [2.45, 2.75) is 78.4 Å². The molecule has 5 rings (SSSR count). The Labute approximate surface area is 227 Å². The van der Waals surface area contributed by atoms with Crippen molar-refractivity contribution < 1.29 is 39.3 Å². The third-order valence-corrected chi connectivity index (χ3v) is 10.6. The number of Topliss-reactive ketones (excluding diaryl/α,β-unsaturated/α-hetero) is 5. The van der Waals surface area contributed by atoms with Crippen LogP contribution in [-0.2, 0) is 19.2 Å². The van der Waals surface area contributed by atoms with Gasteiger partial charge >= 0.3 is 0 Å². The van der Waals surface area contributed by atoms with Crippen LogP contribution < -0.4 is 0 Å². The molecule has 0 saturated heterocycles. The summed E-state index contributed by atoms with van der Waals surface area (Å²) in [6.07, 6.45) is 3.01. The van der Waals surface area contributed by atoms with Crippen molar-refractivity contribution in [2.75, 3.05) is 0 Å². The minimum absolute atomic E-state index is 0.0609. The van der Waals surface area contributed by atoms with E-state index in [0.717, 1.165) is 31.8 Å². The van der Waals surface area contributed by atoms with Gasteiger partial charge in [-0.3, -0.25) is 24.0 Å². The number of aliphatic hydroxyl groups is 2. The van der Waals surface area contributed by atoms with Crippen LogP contribution >= 0.6 is 0 Å². The molecule has 4 aliphatic carbocycles. The summed E-state index contributed by atoms with van der Waals surface area (Å²) in [5.41, 5.74) is -4.50. The van der Waals surface area contributed by atoms with Gasteiger partial charge < -0.3 is 15.3 Å². The van der Waals surface area contributed by atoms with Crippen molar-refractivity contribution in [1.82, 2.24) is 0 Å². The number of fused-ring (bicyclic) bond motifs is 3. The molecule has 0 aromatic heterocycles. The van der Waals surface area contributed by atoms with E-state index >= 15 is 0 Å².